The van der Waals surface area contributed by atoms with Gasteiger partial charge in [-0.3, -0.25) is 9.59 Å². The number of amides is 1. The third kappa shape index (κ3) is 50.4. The largest absolute Gasteiger partial charge is 0.466 e. The van der Waals surface area contributed by atoms with Gasteiger partial charge in [0, 0.05) is 12.8 Å². The number of allylic oxidation sites excluding steroid dienone is 9. The number of nitrogens with one attached hydrogen (secondary N) is 1. The summed E-state index contributed by atoms with van der Waals surface area (Å²) in [6, 6.07) is -0.834. The molecule has 11 heteroatoms. The van der Waals surface area contributed by atoms with Crippen molar-refractivity contribution >= 4 is 11.9 Å². The summed E-state index contributed by atoms with van der Waals surface area (Å²) in [5, 5.41) is 54.2. The van der Waals surface area contributed by atoms with Crippen molar-refractivity contribution in [3.8, 4) is 0 Å². The van der Waals surface area contributed by atoms with Crippen LogP contribution in [0.2, 0.25) is 0 Å². The summed E-state index contributed by atoms with van der Waals surface area (Å²) < 4.78 is 16.7. The number of carbonyl (C=O) groups is 2. The third-order valence-corrected chi connectivity index (χ3v) is 16.7. The number of hydrogen-bond acceptors (Lipinski definition) is 10. The van der Waals surface area contributed by atoms with Crippen molar-refractivity contribution in [1.29, 1.82) is 0 Å². The maximum Gasteiger partial charge on any atom is 0.305 e. The molecular weight excluding hydrogens is 1050 g/mol. The normalized spacial score (nSPS) is 18.4. The number of unbranched alkanes of at least 4 members (excludes halogenated alkanes) is 41. The van der Waals surface area contributed by atoms with E-state index in [0.717, 1.165) is 70.6 Å². The predicted octanol–water partition coefficient (Wildman–Crippen LogP) is 18.1. The number of rotatable bonds is 62. The number of aliphatic hydroxyl groups is 5. The van der Waals surface area contributed by atoms with Gasteiger partial charge in [0.1, 0.15) is 24.4 Å². The Bertz CT molecular complexity index is 1580. The number of aliphatic hydroxyl groups excluding tert-OH is 5. The molecule has 7 unspecified atom stereocenters. The van der Waals surface area contributed by atoms with E-state index in [1.807, 2.05) is 19.1 Å². The smallest absolute Gasteiger partial charge is 0.305 e. The van der Waals surface area contributed by atoms with Gasteiger partial charge in [0.05, 0.1) is 32.0 Å². The molecule has 490 valence electrons. The lowest BCUT2D eigenvalue weighted by molar-refractivity contribution is -0.302. The Morgan fingerprint density at radius 2 is 0.857 bits per heavy atom. The molecule has 0 aromatic carbocycles. The molecule has 1 aliphatic rings. The summed E-state index contributed by atoms with van der Waals surface area (Å²) in [5.74, 6) is -0.191. The minimum atomic E-state index is -1.58. The van der Waals surface area contributed by atoms with Crippen molar-refractivity contribution in [2.24, 2.45) is 0 Å². The average molecular weight is 1180 g/mol. The van der Waals surface area contributed by atoms with Gasteiger partial charge >= 0.3 is 5.97 Å². The van der Waals surface area contributed by atoms with E-state index in [9.17, 15) is 35.1 Å². The molecule has 1 heterocycles. The highest BCUT2D eigenvalue weighted by Gasteiger charge is 2.44. The lowest BCUT2D eigenvalue weighted by Crippen LogP contribution is -2.60. The topological polar surface area (TPSA) is 175 Å². The van der Waals surface area contributed by atoms with Crippen LogP contribution >= 0.6 is 0 Å². The van der Waals surface area contributed by atoms with Crippen molar-refractivity contribution in [2.45, 2.75) is 371 Å². The van der Waals surface area contributed by atoms with Crippen LogP contribution in [-0.4, -0.2) is 100 Å². The highest BCUT2D eigenvalue weighted by Crippen LogP contribution is 2.23. The Labute approximate surface area is 516 Å². The van der Waals surface area contributed by atoms with Gasteiger partial charge in [-0.15, -0.1) is 0 Å². The zero-order valence-electron chi connectivity index (χ0n) is 54.4. The zero-order chi connectivity index (χ0) is 60.9. The monoisotopic (exact) mass is 1180 g/mol. The molecule has 0 bridgehead atoms. The summed E-state index contributed by atoms with van der Waals surface area (Å²) >= 11 is 0. The van der Waals surface area contributed by atoms with Crippen LogP contribution in [0.3, 0.4) is 0 Å². The molecular formula is C73H133NO10. The second-order valence-electron chi connectivity index (χ2n) is 24.6. The average Bonchev–Trinajstić information content (AvgIpc) is 3.34. The first kappa shape index (κ1) is 79.4. The Hall–Kier alpha value is -2.64. The van der Waals surface area contributed by atoms with Gasteiger partial charge in [0.15, 0.2) is 6.29 Å². The molecule has 1 fully saturated rings. The molecule has 0 aliphatic carbocycles. The van der Waals surface area contributed by atoms with Gasteiger partial charge in [0.2, 0.25) is 5.91 Å². The van der Waals surface area contributed by atoms with Crippen LogP contribution in [0.4, 0.5) is 0 Å². The van der Waals surface area contributed by atoms with Crippen LogP contribution < -0.4 is 5.32 Å². The number of hydrogen-bond donors (Lipinski definition) is 6. The Morgan fingerprint density at radius 3 is 1.31 bits per heavy atom. The Kier molecular flexibility index (Phi) is 58.6. The maximum atomic E-state index is 13.0. The molecule has 0 aromatic heterocycles. The molecule has 1 aliphatic heterocycles. The Morgan fingerprint density at radius 1 is 0.464 bits per heavy atom. The van der Waals surface area contributed by atoms with Crippen molar-refractivity contribution in [1.82, 2.24) is 5.32 Å². The zero-order valence-corrected chi connectivity index (χ0v) is 54.4. The standard InChI is InChI=1S/C73H133NO10/c1-3-5-7-9-11-13-14-15-16-35-38-41-45-49-53-57-61-69(78)82-62-58-54-50-46-42-39-36-33-31-29-27-25-23-21-19-17-18-20-22-24-26-28-30-32-34-37-40-44-48-52-56-60-68(77)74-65(66(76)59-55-51-47-43-12-10-8-6-4-2)64-83-73-72(81)71(80)70(79)67(63-75)84-73/h4,6,12,19,21,25,27,43,55,59,65-67,70-73,75-76,79-81H,3,5,7-11,13-18,20,22-24,26,28-42,44-54,56-58,60-64H2,1-2H3,(H,74,77)/b6-4+,21-19-,27-25-,43-12+,59-55+. The minimum absolute atomic E-state index is 0.00812. The van der Waals surface area contributed by atoms with Crippen LogP contribution in [0.25, 0.3) is 0 Å². The fourth-order valence-corrected chi connectivity index (χ4v) is 11.1. The van der Waals surface area contributed by atoms with E-state index in [4.69, 9.17) is 14.2 Å². The summed E-state index contributed by atoms with van der Waals surface area (Å²) in [4.78, 5) is 25.1. The van der Waals surface area contributed by atoms with Gasteiger partial charge < -0.3 is 45.1 Å². The first-order chi connectivity index (χ1) is 41.2. The second kappa shape index (κ2) is 62.0. The highest BCUT2D eigenvalue weighted by atomic mass is 16.7. The van der Waals surface area contributed by atoms with E-state index in [2.05, 4.69) is 54.8 Å². The summed E-state index contributed by atoms with van der Waals surface area (Å²) in [5.41, 5.74) is 0. The molecule has 0 radical (unpaired) electrons. The van der Waals surface area contributed by atoms with E-state index < -0.39 is 49.5 Å². The number of carbonyl (C=O) groups excluding carboxylic acids is 2. The van der Waals surface area contributed by atoms with Crippen molar-refractivity contribution < 1.29 is 49.3 Å². The van der Waals surface area contributed by atoms with E-state index >= 15 is 0 Å². The van der Waals surface area contributed by atoms with Crippen LogP contribution in [0, 0.1) is 0 Å². The van der Waals surface area contributed by atoms with Gasteiger partial charge in [-0.1, -0.05) is 292 Å². The fraction of sp³-hybridized carbons (Fsp3) is 0.836. The maximum absolute atomic E-state index is 13.0. The van der Waals surface area contributed by atoms with Crippen LogP contribution in [0.5, 0.6) is 0 Å². The first-order valence-corrected chi connectivity index (χ1v) is 35.5. The number of ether oxygens (including phenoxy) is 3. The quantitative estimate of drug-likeness (QED) is 0.0195. The molecule has 7 atom stereocenters. The molecule has 6 N–H and O–H groups in total. The van der Waals surface area contributed by atoms with E-state index in [0.29, 0.717) is 19.4 Å². The Balaban J connectivity index is 1.92. The predicted molar refractivity (Wildman–Crippen MR) is 352 cm³/mol. The molecule has 84 heavy (non-hydrogen) atoms. The molecule has 11 nitrogen and oxygen atoms in total. The lowest BCUT2D eigenvalue weighted by atomic mass is 9.99. The van der Waals surface area contributed by atoms with Crippen molar-refractivity contribution in [3.05, 3.63) is 60.8 Å². The highest BCUT2D eigenvalue weighted by molar-refractivity contribution is 5.76. The molecule has 1 rings (SSSR count). The van der Waals surface area contributed by atoms with Crippen LogP contribution in [0.1, 0.15) is 328 Å². The van der Waals surface area contributed by atoms with Crippen LogP contribution in [-0.2, 0) is 23.8 Å². The molecule has 0 saturated carbocycles. The first-order valence-electron chi connectivity index (χ1n) is 35.5. The van der Waals surface area contributed by atoms with Gasteiger partial charge in [-0.05, 0) is 84.0 Å². The van der Waals surface area contributed by atoms with Gasteiger partial charge in [0.25, 0.3) is 0 Å². The van der Waals surface area contributed by atoms with Crippen molar-refractivity contribution in [3.63, 3.8) is 0 Å². The van der Waals surface area contributed by atoms with E-state index in [-0.39, 0.29) is 18.5 Å². The molecule has 1 saturated heterocycles. The minimum Gasteiger partial charge on any atom is -0.466 e. The fourth-order valence-electron chi connectivity index (χ4n) is 11.1. The second-order valence-corrected chi connectivity index (χ2v) is 24.6. The summed E-state index contributed by atoms with van der Waals surface area (Å²) in [7, 11) is 0. The van der Waals surface area contributed by atoms with Crippen LogP contribution in [0.15, 0.2) is 60.8 Å². The SMILES string of the molecule is C/C=C/CC/C=C/CC/C=C/C(O)C(COC1OC(CO)C(O)C(O)C1O)NC(=O)CCCCCCCCCCCCCCCCC/C=C\C/C=C\CCCCCCCCCCCOC(=O)CCCCCCCCCCCCCCCCCC. The third-order valence-electron chi connectivity index (χ3n) is 16.7. The lowest BCUT2D eigenvalue weighted by Gasteiger charge is -2.40. The molecule has 0 aromatic rings. The van der Waals surface area contributed by atoms with Gasteiger partial charge in [-0.2, -0.15) is 0 Å². The molecule has 0 spiro atoms. The summed E-state index contributed by atoms with van der Waals surface area (Å²) in [6.07, 6.45) is 72.6. The summed E-state index contributed by atoms with van der Waals surface area (Å²) in [6.45, 7) is 4.11. The van der Waals surface area contributed by atoms with E-state index in [1.54, 1.807) is 6.08 Å². The molecule has 1 amide bonds. The number of esters is 1. The van der Waals surface area contributed by atoms with E-state index in [1.165, 1.54) is 231 Å². The van der Waals surface area contributed by atoms with Crippen molar-refractivity contribution in [2.75, 3.05) is 19.8 Å². The van der Waals surface area contributed by atoms with Gasteiger partial charge in [-0.25, -0.2) is 0 Å².